The zero-order valence-electron chi connectivity index (χ0n) is 10.3. The van der Waals surface area contributed by atoms with Gasteiger partial charge in [0.05, 0.1) is 17.8 Å². The molecular weight excluding hydrogens is 203 g/mol. The van der Waals surface area contributed by atoms with Gasteiger partial charge < -0.3 is 20.8 Å². The summed E-state index contributed by atoms with van der Waals surface area (Å²) in [5.41, 5.74) is 11.5. The van der Waals surface area contributed by atoms with Crippen LogP contribution in [-0.4, -0.2) is 24.9 Å². The van der Waals surface area contributed by atoms with E-state index in [0.29, 0.717) is 11.3 Å². The standard InChI is InChI=1S/C11H21BN2O2/c1-10(2)6-4-7(10)11(3)8(5-6)15-12(16-11)9(13)14/h6-9H,4-5,13-14H2,1-3H3. The minimum Gasteiger partial charge on any atom is -0.404 e. The van der Waals surface area contributed by atoms with Crippen molar-refractivity contribution in [2.45, 2.75) is 51.4 Å². The van der Waals surface area contributed by atoms with Crippen LogP contribution >= 0.6 is 0 Å². The number of hydrogen-bond acceptors (Lipinski definition) is 4. The predicted molar refractivity (Wildman–Crippen MR) is 62.3 cm³/mol. The first kappa shape index (κ1) is 11.0. The van der Waals surface area contributed by atoms with Crippen molar-refractivity contribution in [2.75, 3.05) is 0 Å². The summed E-state index contributed by atoms with van der Waals surface area (Å²) < 4.78 is 11.9. The fourth-order valence-electron chi connectivity index (χ4n) is 4.06. The fraction of sp³-hybridized carbons (Fsp3) is 1.00. The molecule has 4 N–H and O–H groups in total. The van der Waals surface area contributed by atoms with Gasteiger partial charge in [0.25, 0.3) is 0 Å². The smallest absolute Gasteiger partial charge is 0.404 e. The van der Waals surface area contributed by atoms with Crippen molar-refractivity contribution in [3.8, 4) is 0 Å². The summed E-state index contributed by atoms with van der Waals surface area (Å²) in [5.74, 6) is 1.35. The largest absolute Gasteiger partial charge is 0.490 e. The van der Waals surface area contributed by atoms with Gasteiger partial charge in [-0.3, -0.25) is 0 Å². The Morgan fingerprint density at radius 3 is 2.50 bits per heavy atom. The summed E-state index contributed by atoms with van der Waals surface area (Å²) in [7, 11) is -0.426. The lowest BCUT2D eigenvalue weighted by atomic mass is 9.43. The Morgan fingerprint density at radius 1 is 1.25 bits per heavy atom. The first-order chi connectivity index (χ1) is 7.35. The highest BCUT2D eigenvalue weighted by Crippen LogP contribution is 2.65. The Kier molecular flexibility index (Phi) is 2.08. The highest BCUT2D eigenvalue weighted by molar-refractivity contribution is 6.47. The molecule has 3 aliphatic carbocycles. The van der Waals surface area contributed by atoms with E-state index in [0.717, 1.165) is 12.3 Å². The highest BCUT2D eigenvalue weighted by Gasteiger charge is 2.68. The van der Waals surface area contributed by atoms with Crippen molar-refractivity contribution >= 4 is 7.12 Å². The molecule has 90 valence electrons. The maximum Gasteiger partial charge on any atom is 0.490 e. The average Bonchev–Trinajstić information content (AvgIpc) is 2.54. The predicted octanol–water partition coefficient (Wildman–Crippen LogP) is 0.497. The Labute approximate surface area is 97.2 Å². The summed E-state index contributed by atoms with van der Waals surface area (Å²) in [6, 6.07) is -0.539. The van der Waals surface area contributed by atoms with Gasteiger partial charge in [-0.15, -0.1) is 0 Å². The van der Waals surface area contributed by atoms with Crippen molar-refractivity contribution in [2.24, 2.45) is 28.7 Å². The first-order valence-electron chi connectivity index (χ1n) is 6.20. The molecule has 1 heterocycles. The molecule has 1 saturated heterocycles. The topological polar surface area (TPSA) is 70.5 Å². The van der Waals surface area contributed by atoms with E-state index in [-0.39, 0.29) is 11.7 Å². The molecule has 2 bridgehead atoms. The third kappa shape index (κ3) is 1.15. The van der Waals surface area contributed by atoms with Crippen molar-refractivity contribution in [3.63, 3.8) is 0 Å². The fourth-order valence-corrected chi connectivity index (χ4v) is 4.06. The van der Waals surface area contributed by atoms with Crippen LogP contribution in [-0.2, 0) is 9.31 Å². The van der Waals surface area contributed by atoms with E-state index in [1.165, 1.54) is 6.42 Å². The van der Waals surface area contributed by atoms with E-state index in [2.05, 4.69) is 20.8 Å². The summed E-state index contributed by atoms with van der Waals surface area (Å²) in [4.78, 5) is 0. The van der Waals surface area contributed by atoms with Gasteiger partial charge in [0, 0.05) is 0 Å². The molecule has 0 spiro atoms. The third-order valence-corrected chi connectivity index (χ3v) is 5.28. The second kappa shape index (κ2) is 3.02. The van der Waals surface area contributed by atoms with E-state index in [1.54, 1.807) is 0 Å². The van der Waals surface area contributed by atoms with Crippen LogP contribution in [0.4, 0.5) is 0 Å². The van der Waals surface area contributed by atoms with Crippen LogP contribution in [0, 0.1) is 17.3 Å². The highest BCUT2D eigenvalue weighted by atomic mass is 16.7. The number of rotatable bonds is 1. The molecular formula is C11H21BN2O2. The zero-order chi connectivity index (χ0) is 11.7. The van der Waals surface area contributed by atoms with Gasteiger partial charge in [-0.2, -0.15) is 0 Å². The molecule has 5 heteroatoms. The normalized spacial score (nSPS) is 49.1. The molecule has 4 fully saturated rings. The van der Waals surface area contributed by atoms with Crippen molar-refractivity contribution in [1.29, 1.82) is 0 Å². The van der Waals surface area contributed by atoms with Gasteiger partial charge >= 0.3 is 7.12 Å². The van der Waals surface area contributed by atoms with Crippen LogP contribution in [0.3, 0.4) is 0 Å². The van der Waals surface area contributed by atoms with E-state index < -0.39 is 13.2 Å². The van der Waals surface area contributed by atoms with E-state index in [1.807, 2.05) is 0 Å². The summed E-state index contributed by atoms with van der Waals surface area (Å²) in [6.45, 7) is 6.85. The second-order valence-corrected chi connectivity index (χ2v) is 6.41. The molecule has 4 rings (SSSR count). The van der Waals surface area contributed by atoms with Gasteiger partial charge in [-0.25, -0.2) is 0 Å². The number of nitrogens with two attached hydrogens (primary N) is 2. The van der Waals surface area contributed by atoms with Crippen molar-refractivity contribution in [3.05, 3.63) is 0 Å². The van der Waals surface area contributed by atoms with Crippen LogP contribution in [0.1, 0.15) is 33.6 Å². The Morgan fingerprint density at radius 2 is 1.94 bits per heavy atom. The first-order valence-corrected chi connectivity index (χ1v) is 6.20. The van der Waals surface area contributed by atoms with Crippen LogP contribution < -0.4 is 11.5 Å². The van der Waals surface area contributed by atoms with E-state index in [9.17, 15) is 0 Å². The van der Waals surface area contributed by atoms with Crippen LogP contribution in [0.15, 0.2) is 0 Å². The Hall–Kier alpha value is -0.0951. The van der Waals surface area contributed by atoms with Crippen molar-refractivity contribution < 1.29 is 9.31 Å². The Balaban J connectivity index is 1.87. The maximum absolute atomic E-state index is 6.03. The molecule has 0 aromatic heterocycles. The molecule has 4 atom stereocenters. The van der Waals surface area contributed by atoms with E-state index in [4.69, 9.17) is 20.8 Å². The molecule has 0 radical (unpaired) electrons. The van der Waals surface area contributed by atoms with Gasteiger partial charge in [0.15, 0.2) is 0 Å². The quantitative estimate of drug-likeness (QED) is 0.502. The molecule has 3 saturated carbocycles. The maximum atomic E-state index is 6.03. The summed E-state index contributed by atoms with van der Waals surface area (Å²) in [6.07, 6.45) is 2.53. The average molecular weight is 224 g/mol. The lowest BCUT2D eigenvalue weighted by Gasteiger charge is -2.64. The number of hydrogen-bond donors (Lipinski definition) is 2. The SMILES string of the molecule is CC1(C)C2CC3OB(C(N)N)OC3(C)C1C2. The minimum absolute atomic E-state index is 0.181. The third-order valence-electron chi connectivity index (χ3n) is 5.28. The van der Waals surface area contributed by atoms with Gasteiger partial charge in [0.2, 0.25) is 0 Å². The van der Waals surface area contributed by atoms with Crippen LogP contribution in [0.5, 0.6) is 0 Å². The molecule has 4 nitrogen and oxygen atoms in total. The summed E-state index contributed by atoms with van der Waals surface area (Å²) >= 11 is 0. The van der Waals surface area contributed by atoms with Crippen molar-refractivity contribution in [1.82, 2.24) is 0 Å². The van der Waals surface area contributed by atoms with Crippen LogP contribution in [0.2, 0.25) is 0 Å². The monoisotopic (exact) mass is 224 g/mol. The molecule has 4 unspecified atom stereocenters. The lowest BCUT2D eigenvalue weighted by Crippen LogP contribution is -2.65. The Bertz CT molecular complexity index is 323. The molecule has 16 heavy (non-hydrogen) atoms. The second-order valence-electron chi connectivity index (χ2n) is 6.41. The molecule has 4 aliphatic rings. The molecule has 0 amide bonds. The van der Waals surface area contributed by atoms with Crippen LogP contribution in [0.25, 0.3) is 0 Å². The summed E-state index contributed by atoms with van der Waals surface area (Å²) in [5, 5.41) is 0. The lowest BCUT2D eigenvalue weighted by molar-refractivity contribution is -0.199. The van der Waals surface area contributed by atoms with Gasteiger partial charge in [-0.05, 0) is 37.0 Å². The minimum atomic E-state index is -0.539. The zero-order valence-corrected chi connectivity index (χ0v) is 10.3. The molecule has 1 aliphatic heterocycles. The van der Waals surface area contributed by atoms with Gasteiger partial charge in [0.1, 0.15) is 0 Å². The van der Waals surface area contributed by atoms with Gasteiger partial charge in [-0.1, -0.05) is 13.8 Å². The molecule has 0 aromatic carbocycles. The molecule has 0 aromatic rings. The van der Waals surface area contributed by atoms with E-state index >= 15 is 0 Å².